The second-order valence-corrected chi connectivity index (χ2v) is 3.67. The van der Waals surface area contributed by atoms with E-state index in [9.17, 15) is 26.3 Å². The zero-order valence-electron chi connectivity index (χ0n) is 9.37. The summed E-state index contributed by atoms with van der Waals surface area (Å²) < 4.78 is 74.9. The van der Waals surface area contributed by atoms with E-state index in [0.29, 0.717) is 34.2 Å². The minimum Gasteiger partial charge on any atom is -0.265 e. The summed E-state index contributed by atoms with van der Waals surface area (Å²) in [6.45, 7) is 0. The fourth-order valence-electron chi connectivity index (χ4n) is 1.28. The van der Waals surface area contributed by atoms with Crippen molar-refractivity contribution in [1.82, 2.24) is 19.6 Å². The van der Waals surface area contributed by atoms with Gasteiger partial charge in [0, 0.05) is 12.4 Å². The first-order chi connectivity index (χ1) is 9.09. The summed E-state index contributed by atoms with van der Waals surface area (Å²) >= 11 is 0. The van der Waals surface area contributed by atoms with Crippen LogP contribution in [0.1, 0.15) is 11.1 Å². The van der Waals surface area contributed by atoms with Crippen molar-refractivity contribution >= 4 is 5.96 Å². The number of halogens is 6. The highest BCUT2D eigenvalue weighted by Gasteiger charge is 2.34. The van der Waals surface area contributed by atoms with Crippen LogP contribution in [0.2, 0.25) is 0 Å². The smallest absolute Gasteiger partial charge is 0.265 e. The topological polar surface area (TPSA) is 59.5 Å². The molecule has 2 heterocycles. The van der Waals surface area contributed by atoms with Crippen molar-refractivity contribution in [2.24, 2.45) is 0 Å². The Morgan fingerprint density at radius 3 is 1.45 bits per heavy atom. The highest BCUT2D eigenvalue weighted by atomic mass is 19.4. The third kappa shape index (κ3) is 2.65. The lowest BCUT2D eigenvalue weighted by Gasteiger charge is -2.04. The Hall–Kier alpha value is -2.33. The quantitative estimate of drug-likeness (QED) is 0.461. The van der Waals surface area contributed by atoms with Crippen molar-refractivity contribution in [2.75, 3.05) is 0 Å². The summed E-state index contributed by atoms with van der Waals surface area (Å²) in [7, 11) is 0. The molecule has 11 heteroatoms. The summed E-state index contributed by atoms with van der Waals surface area (Å²) in [6, 6.07) is 0. The third-order valence-corrected chi connectivity index (χ3v) is 2.25. The van der Waals surface area contributed by atoms with Gasteiger partial charge in [0.2, 0.25) is 5.96 Å². The molecule has 0 fully saturated rings. The van der Waals surface area contributed by atoms with Crippen molar-refractivity contribution in [1.29, 1.82) is 5.41 Å². The van der Waals surface area contributed by atoms with E-state index in [1.165, 1.54) is 0 Å². The number of hydrogen-bond donors (Lipinski definition) is 1. The van der Waals surface area contributed by atoms with Gasteiger partial charge in [-0.15, -0.1) is 0 Å². The minimum absolute atomic E-state index is 0.461. The lowest BCUT2D eigenvalue weighted by molar-refractivity contribution is -0.138. The second kappa shape index (κ2) is 4.35. The molecule has 2 aromatic rings. The highest BCUT2D eigenvalue weighted by molar-refractivity contribution is 5.79. The van der Waals surface area contributed by atoms with E-state index >= 15 is 0 Å². The van der Waals surface area contributed by atoms with Gasteiger partial charge in [0.1, 0.15) is 0 Å². The molecular weight excluding hydrogens is 292 g/mol. The van der Waals surface area contributed by atoms with Crippen LogP contribution in [-0.4, -0.2) is 25.5 Å². The average Bonchev–Trinajstić information content (AvgIpc) is 2.96. The van der Waals surface area contributed by atoms with Crippen LogP contribution in [0, 0.1) is 5.41 Å². The normalized spacial score (nSPS) is 12.7. The molecule has 0 saturated carbocycles. The fourth-order valence-corrected chi connectivity index (χ4v) is 1.28. The molecule has 0 amide bonds. The molecule has 108 valence electrons. The maximum atomic E-state index is 12.3. The van der Waals surface area contributed by atoms with Crippen molar-refractivity contribution in [3.05, 3.63) is 35.9 Å². The first kappa shape index (κ1) is 14.1. The summed E-state index contributed by atoms with van der Waals surface area (Å²) in [6.07, 6.45) is -7.42. The number of rotatable bonds is 0. The Morgan fingerprint density at radius 2 is 1.20 bits per heavy atom. The van der Waals surface area contributed by atoms with Crippen LogP contribution < -0.4 is 0 Å². The lowest BCUT2D eigenvalue weighted by Crippen LogP contribution is -2.21. The third-order valence-electron chi connectivity index (χ3n) is 2.25. The molecule has 2 aromatic heterocycles. The van der Waals surface area contributed by atoms with Crippen LogP contribution in [0.25, 0.3) is 0 Å². The van der Waals surface area contributed by atoms with Crippen LogP contribution in [0.3, 0.4) is 0 Å². The zero-order chi connectivity index (χ0) is 15.1. The zero-order valence-corrected chi connectivity index (χ0v) is 9.37. The van der Waals surface area contributed by atoms with E-state index < -0.39 is 29.4 Å². The van der Waals surface area contributed by atoms with Gasteiger partial charge >= 0.3 is 12.4 Å². The summed E-state index contributed by atoms with van der Waals surface area (Å²) in [4.78, 5) is 0. The SMILES string of the molecule is N=C(n1cc(C(F)(F)F)cn1)n1cc(C(F)(F)F)cn1. The summed E-state index contributed by atoms with van der Waals surface area (Å²) in [5.41, 5.74) is -2.24. The van der Waals surface area contributed by atoms with E-state index in [1.807, 2.05) is 0 Å². The van der Waals surface area contributed by atoms with E-state index in [2.05, 4.69) is 10.2 Å². The number of nitrogens with zero attached hydrogens (tertiary/aromatic N) is 4. The van der Waals surface area contributed by atoms with Crippen LogP contribution in [0.5, 0.6) is 0 Å². The van der Waals surface area contributed by atoms with E-state index in [-0.39, 0.29) is 0 Å². The van der Waals surface area contributed by atoms with Crippen LogP contribution in [0.4, 0.5) is 26.3 Å². The summed E-state index contributed by atoms with van der Waals surface area (Å²) in [5, 5.41) is 14.0. The molecule has 0 aliphatic carbocycles. The molecule has 2 rings (SSSR count). The van der Waals surface area contributed by atoms with Gasteiger partial charge in [-0.2, -0.15) is 36.5 Å². The first-order valence-corrected chi connectivity index (χ1v) is 4.92. The van der Waals surface area contributed by atoms with E-state index in [4.69, 9.17) is 5.41 Å². The molecule has 0 aliphatic heterocycles. The molecule has 0 atom stereocenters. The van der Waals surface area contributed by atoms with Gasteiger partial charge in [-0.05, 0) is 0 Å². The van der Waals surface area contributed by atoms with Crippen molar-refractivity contribution in [2.45, 2.75) is 12.4 Å². The van der Waals surface area contributed by atoms with Gasteiger partial charge in [-0.25, -0.2) is 9.36 Å². The Morgan fingerprint density at radius 1 is 0.850 bits per heavy atom. The Bertz CT molecular complexity index is 580. The molecule has 0 spiro atoms. The molecule has 20 heavy (non-hydrogen) atoms. The lowest BCUT2D eigenvalue weighted by atomic mass is 10.3. The van der Waals surface area contributed by atoms with Crippen LogP contribution in [-0.2, 0) is 12.4 Å². The molecular formula is C9H5F6N5. The standard InChI is InChI=1S/C9H5F6N5/c10-8(11,12)5-1-17-19(3-5)7(16)20-4-6(2-18-20)9(13,14)15/h1-4,16H. The van der Waals surface area contributed by atoms with E-state index in [0.717, 1.165) is 0 Å². The van der Waals surface area contributed by atoms with Gasteiger partial charge in [0.15, 0.2) is 0 Å². The van der Waals surface area contributed by atoms with Crippen LogP contribution >= 0.6 is 0 Å². The van der Waals surface area contributed by atoms with E-state index in [1.54, 1.807) is 0 Å². The fraction of sp³-hybridized carbons (Fsp3) is 0.222. The molecule has 0 aromatic carbocycles. The number of aromatic nitrogens is 4. The predicted molar refractivity (Wildman–Crippen MR) is 53.0 cm³/mol. The van der Waals surface area contributed by atoms with Gasteiger partial charge in [0.05, 0.1) is 23.5 Å². The monoisotopic (exact) mass is 297 g/mol. The molecule has 0 aliphatic rings. The van der Waals surface area contributed by atoms with Gasteiger partial charge in [-0.3, -0.25) is 5.41 Å². The molecule has 5 nitrogen and oxygen atoms in total. The number of hydrogen-bond acceptors (Lipinski definition) is 3. The molecule has 0 saturated heterocycles. The van der Waals surface area contributed by atoms with Crippen molar-refractivity contribution in [3.63, 3.8) is 0 Å². The number of nitrogens with one attached hydrogen (secondary N) is 1. The molecule has 0 bridgehead atoms. The van der Waals surface area contributed by atoms with Gasteiger partial charge in [-0.1, -0.05) is 0 Å². The largest absolute Gasteiger partial charge is 0.419 e. The Balaban J connectivity index is 2.28. The van der Waals surface area contributed by atoms with Crippen LogP contribution in [0.15, 0.2) is 24.8 Å². The predicted octanol–water partition coefficient (Wildman–Crippen LogP) is 2.45. The first-order valence-electron chi connectivity index (χ1n) is 4.92. The Kier molecular flexibility index (Phi) is 3.07. The maximum Gasteiger partial charge on any atom is 0.419 e. The van der Waals surface area contributed by atoms with Crippen molar-refractivity contribution < 1.29 is 26.3 Å². The second-order valence-electron chi connectivity index (χ2n) is 3.67. The van der Waals surface area contributed by atoms with Gasteiger partial charge in [0.25, 0.3) is 0 Å². The van der Waals surface area contributed by atoms with Gasteiger partial charge < -0.3 is 0 Å². The average molecular weight is 297 g/mol. The molecule has 1 N–H and O–H groups in total. The Labute approximate surface area is 106 Å². The maximum absolute atomic E-state index is 12.3. The number of alkyl halides is 6. The van der Waals surface area contributed by atoms with Crippen molar-refractivity contribution in [3.8, 4) is 0 Å². The minimum atomic E-state index is -4.65. The highest BCUT2D eigenvalue weighted by Crippen LogP contribution is 2.29. The molecule has 0 radical (unpaired) electrons. The summed E-state index contributed by atoms with van der Waals surface area (Å²) in [5.74, 6) is -0.768. The molecule has 0 unspecified atom stereocenters.